The van der Waals surface area contributed by atoms with Crippen molar-refractivity contribution < 1.29 is 19.4 Å². The van der Waals surface area contributed by atoms with Gasteiger partial charge < -0.3 is 20.1 Å². The van der Waals surface area contributed by atoms with Crippen LogP contribution in [0.1, 0.15) is 28.4 Å². The van der Waals surface area contributed by atoms with Crippen molar-refractivity contribution in [1.82, 2.24) is 10.2 Å². The predicted molar refractivity (Wildman–Crippen MR) is 72.5 cm³/mol. The van der Waals surface area contributed by atoms with Gasteiger partial charge in [-0.25, -0.2) is 9.59 Å². The molecule has 1 heterocycles. The molecule has 0 aliphatic carbocycles. The molecule has 108 valence electrons. The number of carboxylic acid groups (broad SMARTS) is 1. The summed E-state index contributed by atoms with van der Waals surface area (Å²) in [6.07, 6.45) is 0. The number of rotatable bonds is 5. The normalized spacial score (nSPS) is 13.2. The summed E-state index contributed by atoms with van der Waals surface area (Å²) in [6, 6.07) is 4.81. The maximum absolute atomic E-state index is 11.9. The van der Waals surface area contributed by atoms with E-state index in [1.54, 1.807) is 23.1 Å². The summed E-state index contributed by atoms with van der Waals surface area (Å²) < 4.78 is 5.15. The zero-order valence-corrected chi connectivity index (χ0v) is 11.4. The second-order valence-electron chi connectivity index (χ2n) is 4.57. The Bertz CT molecular complexity index is 516. The van der Waals surface area contributed by atoms with Gasteiger partial charge in [0.25, 0.3) is 0 Å². The number of amides is 2. The van der Waals surface area contributed by atoms with E-state index >= 15 is 0 Å². The fourth-order valence-electron chi connectivity index (χ4n) is 2.16. The van der Waals surface area contributed by atoms with Crippen LogP contribution in [0.15, 0.2) is 18.2 Å². The topological polar surface area (TPSA) is 78.9 Å². The Kier molecular flexibility index (Phi) is 4.57. The highest BCUT2D eigenvalue weighted by molar-refractivity contribution is 5.88. The molecule has 1 aromatic rings. The van der Waals surface area contributed by atoms with Crippen LogP contribution in [0.5, 0.6) is 0 Å². The van der Waals surface area contributed by atoms with Crippen LogP contribution in [-0.2, 0) is 17.8 Å². The van der Waals surface area contributed by atoms with Gasteiger partial charge >= 0.3 is 12.0 Å². The zero-order chi connectivity index (χ0) is 14.5. The molecule has 0 bridgehead atoms. The van der Waals surface area contributed by atoms with E-state index in [1.165, 1.54) is 0 Å². The second-order valence-corrected chi connectivity index (χ2v) is 4.57. The molecular weight excluding hydrogens is 260 g/mol. The molecule has 2 amide bonds. The van der Waals surface area contributed by atoms with Gasteiger partial charge in [-0.3, -0.25) is 0 Å². The van der Waals surface area contributed by atoms with Crippen LogP contribution in [0, 0.1) is 0 Å². The molecular formula is C14H18N2O4. The predicted octanol–water partition coefficient (Wildman–Crippen LogP) is 1.45. The summed E-state index contributed by atoms with van der Waals surface area (Å²) in [7, 11) is 0. The van der Waals surface area contributed by atoms with Crippen molar-refractivity contribution in [2.24, 2.45) is 0 Å². The van der Waals surface area contributed by atoms with E-state index in [0.29, 0.717) is 32.8 Å². The third kappa shape index (κ3) is 3.27. The fraction of sp³-hybridized carbons (Fsp3) is 0.429. The van der Waals surface area contributed by atoms with Gasteiger partial charge in [-0.05, 0) is 30.2 Å². The lowest BCUT2D eigenvalue weighted by molar-refractivity contribution is 0.0696. The number of carbonyl (C=O) groups is 2. The largest absolute Gasteiger partial charge is 0.478 e. The number of carbonyl (C=O) groups excluding carboxylic acids is 1. The van der Waals surface area contributed by atoms with E-state index in [1.807, 2.05) is 6.92 Å². The monoisotopic (exact) mass is 278 g/mol. The van der Waals surface area contributed by atoms with Gasteiger partial charge in [-0.1, -0.05) is 6.07 Å². The Labute approximate surface area is 117 Å². The minimum Gasteiger partial charge on any atom is -0.478 e. The molecule has 2 rings (SSSR count). The van der Waals surface area contributed by atoms with Gasteiger partial charge in [0.05, 0.1) is 12.2 Å². The summed E-state index contributed by atoms with van der Waals surface area (Å²) in [6.45, 7) is 4.45. The quantitative estimate of drug-likeness (QED) is 0.799. The molecule has 2 N–H and O–H groups in total. The molecule has 0 aromatic heterocycles. The highest BCUT2D eigenvalue weighted by atomic mass is 16.5. The third-order valence-electron chi connectivity index (χ3n) is 3.19. The fourth-order valence-corrected chi connectivity index (χ4v) is 2.16. The summed E-state index contributed by atoms with van der Waals surface area (Å²) in [5.74, 6) is -0.951. The molecule has 6 heteroatoms. The zero-order valence-electron chi connectivity index (χ0n) is 11.4. The van der Waals surface area contributed by atoms with E-state index in [9.17, 15) is 9.59 Å². The summed E-state index contributed by atoms with van der Waals surface area (Å²) in [5, 5.41) is 11.7. The first-order valence-electron chi connectivity index (χ1n) is 6.57. The molecule has 20 heavy (non-hydrogen) atoms. The lowest BCUT2D eigenvalue weighted by Crippen LogP contribution is -2.38. The first-order chi connectivity index (χ1) is 9.61. The Morgan fingerprint density at radius 3 is 2.80 bits per heavy atom. The highest BCUT2D eigenvalue weighted by Gasteiger charge is 2.23. The van der Waals surface area contributed by atoms with E-state index < -0.39 is 5.97 Å². The minimum atomic E-state index is -0.951. The van der Waals surface area contributed by atoms with Crippen LogP contribution in [0.2, 0.25) is 0 Å². The van der Waals surface area contributed by atoms with Crippen LogP contribution in [0.4, 0.5) is 4.79 Å². The van der Waals surface area contributed by atoms with E-state index in [2.05, 4.69) is 5.32 Å². The standard InChI is InChI=1S/C14H18N2O4/c1-2-20-6-5-15-14(19)16-8-11-4-3-10(13(17)18)7-12(11)9-16/h3-4,7H,2,5-6,8-9H2,1H3,(H,15,19)(H,17,18). The van der Waals surface area contributed by atoms with E-state index in [4.69, 9.17) is 9.84 Å². The van der Waals surface area contributed by atoms with Crippen LogP contribution >= 0.6 is 0 Å². The molecule has 0 saturated heterocycles. The van der Waals surface area contributed by atoms with Crippen LogP contribution in [0.3, 0.4) is 0 Å². The summed E-state index contributed by atoms with van der Waals surface area (Å²) in [4.78, 5) is 24.5. The van der Waals surface area contributed by atoms with E-state index in [0.717, 1.165) is 11.1 Å². The van der Waals surface area contributed by atoms with Crippen LogP contribution in [0.25, 0.3) is 0 Å². The highest BCUT2D eigenvalue weighted by Crippen LogP contribution is 2.23. The molecule has 0 unspecified atom stereocenters. The van der Waals surface area contributed by atoms with Crippen molar-refractivity contribution in [1.29, 1.82) is 0 Å². The van der Waals surface area contributed by atoms with Crippen LogP contribution in [-0.4, -0.2) is 41.8 Å². The summed E-state index contributed by atoms with van der Waals surface area (Å²) >= 11 is 0. The lowest BCUT2D eigenvalue weighted by Gasteiger charge is -2.16. The Hall–Kier alpha value is -2.08. The van der Waals surface area contributed by atoms with Crippen molar-refractivity contribution >= 4 is 12.0 Å². The molecule has 0 radical (unpaired) electrons. The number of nitrogens with one attached hydrogen (secondary N) is 1. The Morgan fingerprint density at radius 2 is 2.10 bits per heavy atom. The summed E-state index contributed by atoms with van der Waals surface area (Å²) in [5.41, 5.74) is 2.14. The van der Waals surface area contributed by atoms with Crippen molar-refractivity contribution in [3.63, 3.8) is 0 Å². The molecule has 0 fully saturated rings. The Morgan fingerprint density at radius 1 is 1.35 bits per heavy atom. The molecule has 0 spiro atoms. The minimum absolute atomic E-state index is 0.155. The maximum Gasteiger partial charge on any atom is 0.335 e. The van der Waals surface area contributed by atoms with Crippen molar-refractivity contribution in [3.8, 4) is 0 Å². The van der Waals surface area contributed by atoms with Crippen molar-refractivity contribution in [2.75, 3.05) is 19.8 Å². The van der Waals surface area contributed by atoms with Gasteiger partial charge in [-0.2, -0.15) is 0 Å². The average molecular weight is 278 g/mol. The number of hydrogen-bond donors (Lipinski definition) is 2. The van der Waals surface area contributed by atoms with Gasteiger partial charge in [0.2, 0.25) is 0 Å². The molecule has 0 atom stereocenters. The second kappa shape index (κ2) is 6.38. The molecule has 1 aliphatic rings. The van der Waals surface area contributed by atoms with E-state index in [-0.39, 0.29) is 11.6 Å². The average Bonchev–Trinajstić information content (AvgIpc) is 2.86. The number of nitrogens with zero attached hydrogens (tertiary/aromatic N) is 1. The maximum atomic E-state index is 11.9. The van der Waals surface area contributed by atoms with Gasteiger partial charge in [0, 0.05) is 26.2 Å². The number of fused-ring (bicyclic) bond motifs is 1. The molecule has 1 aromatic carbocycles. The van der Waals surface area contributed by atoms with Gasteiger partial charge in [0.15, 0.2) is 0 Å². The molecule has 1 aliphatic heterocycles. The Balaban J connectivity index is 1.92. The smallest absolute Gasteiger partial charge is 0.335 e. The lowest BCUT2D eigenvalue weighted by atomic mass is 10.1. The van der Waals surface area contributed by atoms with Gasteiger partial charge in [-0.15, -0.1) is 0 Å². The number of aromatic carboxylic acids is 1. The van der Waals surface area contributed by atoms with Crippen molar-refractivity contribution in [2.45, 2.75) is 20.0 Å². The number of carboxylic acids is 1. The number of benzene rings is 1. The number of ether oxygens (including phenoxy) is 1. The third-order valence-corrected chi connectivity index (χ3v) is 3.19. The molecule has 6 nitrogen and oxygen atoms in total. The SMILES string of the molecule is CCOCCNC(=O)N1Cc2ccc(C(=O)O)cc2C1. The first kappa shape index (κ1) is 14.3. The van der Waals surface area contributed by atoms with Gasteiger partial charge in [0.1, 0.15) is 0 Å². The number of urea groups is 1. The van der Waals surface area contributed by atoms with Crippen molar-refractivity contribution in [3.05, 3.63) is 34.9 Å². The number of hydrogen-bond acceptors (Lipinski definition) is 3. The molecule has 0 saturated carbocycles. The first-order valence-corrected chi connectivity index (χ1v) is 6.57. The van der Waals surface area contributed by atoms with Crippen LogP contribution < -0.4 is 5.32 Å².